The van der Waals surface area contributed by atoms with Crippen LogP contribution < -0.4 is 20.5 Å². The molecule has 1 aliphatic carbocycles. The quantitative estimate of drug-likeness (QED) is 0.255. The molecular formula is C33H37ClF2N2O4. The summed E-state index contributed by atoms with van der Waals surface area (Å²) in [6.07, 6.45) is 4.26. The van der Waals surface area contributed by atoms with Crippen LogP contribution in [0.5, 0.6) is 11.5 Å². The van der Waals surface area contributed by atoms with Crippen LogP contribution in [0.3, 0.4) is 0 Å². The van der Waals surface area contributed by atoms with E-state index in [2.05, 4.69) is 19.2 Å². The zero-order valence-corrected chi connectivity index (χ0v) is 24.9. The molecule has 6 nitrogen and oxygen atoms in total. The number of fused-ring (bicyclic) bond motifs is 1. The Morgan fingerprint density at radius 2 is 1.83 bits per heavy atom. The Morgan fingerprint density at radius 1 is 1.14 bits per heavy atom. The molecule has 0 unspecified atom stereocenters. The average Bonchev–Trinajstić information content (AvgIpc) is 3.24. The molecule has 3 aromatic rings. The molecule has 2 atom stereocenters. The number of hydrogen-bond donors (Lipinski definition) is 3. The summed E-state index contributed by atoms with van der Waals surface area (Å²) in [5.74, 6) is -3.11. The fraction of sp³-hybridized carbons (Fsp3) is 0.424. The van der Waals surface area contributed by atoms with E-state index in [4.69, 9.17) is 26.8 Å². The van der Waals surface area contributed by atoms with Crippen molar-refractivity contribution in [3.63, 3.8) is 0 Å². The highest BCUT2D eigenvalue weighted by Gasteiger charge is 2.50. The maximum absolute atomic E-state index is 16.1. The molecule has 1 saturated carbocycles. The lowest BCUT2D eigenvalue weighted by Crippen LogP contribution is -2.48. The largest absolute Gasteiger partial charge is 0.488 e. The summed E-state index contributed by atoms with van der Waals surface area (Å²) >= 11 is 6.60. The Labute approximate surface area is 250 Å². The molecule has 0 aromatic heterocycles. The van der Waals surface area contributed by atoms with Crippen LogP contribution in [0.4, 0.5) is 8.78 Å². The molecule has 0 spiro atoms. The predicted octanol–water partition coefficient (Wildman–Crippen LogP) is 6.71. The van der Waals surface area contributed by atoms with Crippen LogP contribution in [-0.4, -0.2) is 36.8 Å². The monoisotopic (exact) mass is 598 g/mol. The number of ether oxygens (including phenoxy) is 2. The van der Waals surface area contributed by atoms with Gasteiger partial charge in [0.05, 0.1) is 17.2 Å². The van der Waals surface area contributed by atoms with Gasteiger partial charge in [0.15, 0.2) is 17.2 Å². The highest BCUT2D eigenvalue weighted by Crippen LogP contribution is 2.56. The number of benzene rings is 3. The second-order valence-corrected chi connectivity index (χ2v) is 12.5. The number of halogens is 3. The van der Waals surface area contributed by atoms with E-state index in [1.807, 2.05) is 37.3 Å². The molecule has 42 heavy (non-hydrogen) atoms. The molecule has 1 fully saturated rings. The van der Waals surface area contributed by atoms with Crippen molar-refractivity contribution in [2.75, 3.05) is 19.8 Å². The highest BCUT2D eigenvalue weighted by atomic mass is 35.5. The van der Waals surface area contributed by atoms with Crippen molar-refractivity contribution in [3.05, 3.63) is 81.9 Å². The molecule has 1 heterocycles. The molecule has 4 N–H and O–H groups in total. The minimum absolute atomic E-state index is 0.00265. The summed E-state index contributed by atoms with van der Waals surface area (Å²) in [7, 11) is 0. The van der Waals surface area contributed by atoms with E-state index in [-0.39, 0.29) is 52.5 Å². The van der Waals surface area contributed by atoms with Crippen LogP contribution in [0.1, 0.15) is 73.9 Å². The minimum atomic E-state index is -0.975. The number of nitrogens with one attached hydrogen (secondary N) is 1. The third-order valence-electron chi connectivity index (χ3n) is 8.87. The third kappa shape index (κ3) is 5.48. The molecular weight excluding hydrogens is 562 g/mol. The number of aliphatic hydroxyl groups excluding tert-OH is 1. The van der Waals surface area contributed by atoms with Crippen molar-refractivity contribution in [1.82, 2.24) is 5.32 Å². The number of primary amides is 1. The number of aliphatic hydroxyl groups is 1. The summed E-state index contributed by atoms with van der Waals surface area (Å²) in [5, 5.41) is 12.6. The molecule has 3 aromatic carbocycles. The van der Waals surface area contributed by atoms with E-state index in [9.17, 15) is 9.90 Å². The summed E-state index contributed by atoms with van der Waals surface area (Å²) in [6.45, 7) is 6.41. The van der Waals surface area contributed by atoms with Crippen molar-refractivity contribution in [3.8, 4) is 22.6 Å². The number of hydrogen-bond acceptors (Lipinski definition) is 5. The van der Waals surface area contributed by atoms with Gasteiger partial charge in [-0.05, 0) is 48.8 Å². The van der Waals surface area contributed by atoms with E-state index in [1.54, 1.807) is 0 Å². The van der Waals surface area contributed by atoms with Gasteiger partial charge in [-0.15, -0.1) is 0 Å². The smallest absolute Gasteiger partial charge is 0.249 e. The third-order valence-corrected chi connectivity index (χ3v) is 9.24. The van der Waals surface area contributed by atoms with Crippen molar-refractivity contribution < 1.29 is 28.2 Å². The molecule has 224 valence electrons. The van der Waals surface area contributed by atoms with Crippen molar-refractivity contribution in [1.29, 1.82) is 0 Å². The predicted molar refractivity (Wildman–Crippen MR) is 159 cm³/mol. The van der Waals surface area contributed by atoms with Crippen LogP contribution in [0.25, 0.3) is 11.1 Å². The van der Waals surface area contributed by atoms with Crippen LogP contribution in [0, 0.1) is 17.0 Å². The fourth-order valence-electron chi connectivity index (χ4n) is 6.39. The van der Waals surface area contributed by atoms with Gasteiger partial charge in [-0.25, -0.2) is 8.78 Å². The Kier molecular flexibility index (Phi) is 8.52. The van der Waals surface area contributed by atoms with Gasteiger partial charge in [0.25, 0.3) is 0 Å². The first-order valence-corrected chi connectivity index (χ1v) is 14.7. The first-order valence-electron chi connectivity index (χ1n) is 14.3. The Hall–Kier alpha value is -3.20. The minimum Gasteiger partial charge on any atom is -0.488 e. The van der Waals surface area contributed by atoms with Gasteiger partial charge in [-0.3, -0.25) is 4.79 Å². The molecule has 2 aliphatic rings. The SMILES string of the molecule is C[C@H]1c2c(cc(F)c(Cl)c2-c2c(C(N)=O)ccc(OCCO)c2F)O[C@]1(CNC1CCC(C)(C)CC1)c1ccccc1. The lowest BCUT2D eigenvalue weighted by Gasteiger charge is -2.39. The lowest BCUT2D eigenvalue weighted by atomic mass is 9.74. The Balaban J connectivity index is 1.65. The molecule has 1 aliphatic heterocycles. The first kappa shape index (κ1) is 30.3. The normalized spacial score (nSPS) is 21.5. The van der Waals surface area contributed by atoms with Crippen LogP contribution in [-0.2, 0) is 5.60 Å². The van der Waals surface area contributed by atoms with Gasteiger partial charge >= 0.3 is 0 Å². The van der Waals surface area contributed by atoms with Crippen LogP contribution in [0.15, 0.2) is 48.5 Å². The molecule has 0 radical (unpaired) electrons. The zero-order valence-electron chi connectivity index (χ0n) is 24.1. The highest BCUT2D eigenvalue weighted by molar-refractivity contribution is 6.34. The molecule has 0 saturated heterocycles. The standard InChI is InChI=1S/C33H37ClF2N2O4/c1-19-26-25(42-33(19,20-7-5-4-6-8-20)18-38-21-11-13-32(2,3)14-12-21)17-23(35)29(34)28(26)27-22(31(37)40)9-10-24(30(27)36)41-16-15-39/h4-10,17,19,21,38-39H,11-16,18H2,1-3H3,(H2,37,40)/t19-,33-/m0/s1. The summed E-state index contributed by atoms with van der Waals surface area (Å²) in [6, 6.07) is 13.8. The van der Waals surface area contributed by atoms with Gasteiger partial charge in [-0.2, -0.15) is 0 Å². The molecule has 5 rings (SSSR count). The van der Waals surface area contributed by atoms with Crippen molar-refractivity contribution in [2.24, 2.45) is 11.1 Å². The van der Waals surface area contributed by atoms with Crippen LogP contribution >= 0.6 is 11.6 Å². The zero-order chi connectivity index (χ0) is 30.2. The van der Waals surface area contributed by atoms with E-state index in [1.165, 1.54) is 18.2 Å². The van der Waals surface area contributed by atoms with Gasteiger partial charge in [0, 0.05) is 41.3 Å². The van der Waals surface area contributed by atoms with Crippen molar-refractivity contribution in [2.45, 2.75) is 64.0 Å². The molecule has 1 amide bonds. The number of carbonyl (C=O) groups excluding carboxylic acids is 1. The average molecular weight is 599 g/mol. The van der Waals surface area contributed by atoms with E-state index in [0.717, 1.165) is 31.2 Å². The number of carbonyl (C=O) groups is 1. The van der Waals surface area contributed by atoms with E-state index < -0.39 is 29.1 Å². The topological polar surface area (TPSA) is 93.8 Å². The number of rotatable bonds is 9. The van der Waals surface area contributed by atoms with E-state index >= 15 is 8.78 Å². The summed E-state index contributed by atoms with van der Waals surface area (Å²) in [4.78, 5) is 12.5. The number of nitrogens with two attached hydrogens (primary N) is 1. The molecule has 0 bridgehead atoms. The maximum atomic E-state index is 16.1. The summed E-state index contributed by atoms with van der Waals surface area (Å²) in [5.41, 5.74) is 5.90. The Morgan fingerprint density at radius 3 is 2.48 bits per heavy atom. The Bertz CT molecular complexity index is 1470. The number of amides is 1. The van der Waals surface area contributed by atoms with Gasteiger partial charge < -0.3 is 25.6 Å². The van der Waals surface area contributed by atoms with Gasteiger partial charge in [-0.1, -0.05) is 62.7 Å². The second-order valence-electron chi connectivity index (χ2n) is 12.1. The summed E-state index contributed by atoms with van der Waals surface area (Å²) < 4.78 is 43.7. The van der Waals surface area contributed by atoms with Crippen molar-refractivity contribution >= 4 is 17.5 Å². The van der Waals surface area contributed by atoms with Crippen LogP contribution in [0.2, 0.25) is 5.02 Å². The van der Waals surface area contributed by atoms with Gasteiger partial charge in [0.2, 0.25) is 5.91 Å². The maximum Gasteiger partial charge on any atom is 0.249 e. The second kappa shape index (κ2) is 11.8. The van der Waals surface area contributed by atoms with E-state index in [0.29, 0.717) is 17.5 Å². The first-order chi connectivity index (χ1) is 20.0. The fourth-order valence-corrected chi connectivity index (χ4v) is 6.64. The lowest BCUT2D eigenvalue weighted by molar-refractivity contribution is 0.0617. The van der Waals surface area contributed by atoms with Gasteiger partial charge in [0.1, 0.15) is 18.2 Å². The molecule has 9 heteroatoms.